The van der Waals surface area contributed by atoms with Crippen molar-refractivity contribution in [3.8, 4) is 5.75 Å². The second-order valence-electron chi connectivity index (χ2n) is 7.02. The van der Waals surface area contributed by atoms with Crippen molar-refractivity contribution in [1.82, 2.24) is 4.90 Å². The van der Waals surface area contributed by atoms with Crippen molar-refractivity contribution in [2.45, 2.75) is 12.8 Å². The Kier molecular flexibility index (Phi) is 5.81. The van der Waals surface area contributed by atoms with Crippen LogP contribution in [-0.4, -0.2) is 36.4 Å². The fraction of sp³-hybridized carbons (Fsp3) is 0.217. The molecule has 0 saturated carbocycles. The molecule has 1 aliphatic heterocycles. The normalized spacial score (nSPS) is 13.5. The number of likely N-dealkylation sites (tertiary alicyclic amines) is 1. The van der Waals surface area contributed by atoms with E-state index in [0.29, 0.717) is 17.0 Å². The van der Waals surface area contributed by atoms with Gasteiger partial charge in [0.2, 0.25) is 0 Å². The molecule has 3 aromatic rings. The lowest BCUT2D eigenvalue weighted by Crippen LogP contribution is -2.27. The quantitative estimate of drug-likeness (QED) is 0.601. The number of carbonyl (C=O) groups is 2. The van der Waals surface area contributed by atoms with Crippen LogP contribution in [0, 0.1) is 0 Å². The van der Waals surface area contributed by atoms with E-state index in [1.165, 1.54) is 0 Å². The van der Waals surface area contributed by atoms with Crippen LogP contribution in [0.1, 0.15) is 23.2 Å². The molecule has 5 nitrogen and oxygen atoms in total. The first-order chi connectivity index (χ1) is 14.1. The van der Waals surface area contributed by atoms with Crippen molar-refractivity contribution in [3.63, 3.8) is 0 Å². The first-order valence-corrected chi connectivity index (χ1v) is 10.4. The summed E-state index contributed by atoms with van der Waals surface area (Å²) in [5.41, 5.74) is 1.17. The molecule has 29 heavy (non-hydrogen) atoms. The fourth-order valence-electron chi connectivity index (χ4n) is 3.50. The summed E-state index contributed by atoms with van der Waals surface area (Å²) in [5.74, 6) is 0.336. The maximum atomic E-state index is 12.5. The van der Waals surface area contributed by atoms with E-state index in [2.05, 4.69) is 21.2 Å². The second kappa shape index (κ2) is 8.66. The summed E-state index contributed by atoms with van der Waals surface area (Å²) < 4.78 is 6.52. The summed E-state index contributed by atoms with van der Waals surface area (Å²) in [5, 5.41) is 4.92. The topological polar surface area (TPSA) is 58.6 Å². The molecule has 0 spiro atoms. The number of carbonyl (C=O) groups excluding carboxylic acids is 2. The Morgan fingerprint density at radius 3 is 2.62 bits per heavy atom. The van der Waals surface area contributed by atoms with Gasteiger partial charge in [-0.15, -0.1) is 0 Å². The lowest BCUT2D eigenvalue weighted by atomic mass is 10.1. The molecule has 1 heterocycles. The zero-order valence-electron chi connectivity index (χ0n) is 15.9. The number of amides is 2. The minimum Gasteiger partial charge on any atom is -0.483 e. The van der Waals surface area contributed by atoms with E-state index < -0.39 is 0 Å². The highest BCUT2D eigenvalue weighted by atomic mass is 79.9. The van der Waals surface area contributed by atoms with Crippen molar-refractivity contribution in [1.29, 1.82) is 0 Å². The lowest BCUT2D eigenvalue weighted by Gasteiger charge is -2.16. The number of nitrogens with zero attached hydrogens (tertiary/aromatic N) is 1. The summed E-state index contributed by atoms with van der Waals surface area (Å²) in [6, 6.07) is 18.8. The standard InChI is InChI=1S/C23H21BrN2O3/c24-22-19-9-2-1-6-16(19)10-11-20(22)29-15-21(27)25-18-8-5-7-17(14-18)23(28)26-12-3-4-13-26/h1-2,5-11,14H,3-4,12-13,15H2,(H,25,27). The van der Waals surface area contributed by atoms with Crippen molar-refractivity contribution in [3.05, 3.63) is 70.7 Å². The van der Waals surface area contributed by atoms with Gasteiger partial charge in [0.15, 0.2) is 6.61 Å². The molecule has 3 aromatic carbocycles. The van der Waals surface area contributed by atoms with E-state index in [0.717, 1.165) is 41.2 Å². The van der Waals surface area contributed by atoms with Gasteiger partial charge in [0, 0.05) is 24.3 Å². The van der Waals surface area contributed by atoms with E-state index in [-0.39, 0.29) is 18.4 Å². The highest BCUT2D eigenvalue weighted by Gasteiger charge is 2.19. The predicted molar refractivity (Wildman–Crippen MR) is 117 cm³/mol. The number of rotatable bonds is 5. The summed E-state index contributed by atoms with van der Waals surface area (Å²) in [6.45, 7) is 1.47. The molecule has 0 aliphatic carbocycles. The Balaban J connectivity index is 1.39. The summed E-state index contributed by atoms with van der Waals surface area (Å²) >= 11 is 3.56. The molecule has 2 amide bonds. The Hall–Kier alpha value is -2.86. The molecule has 4 rings (SSSR count). The Labute approximate surface area is 177 Å². The van der Waals surface area contributed by atoms with Gasteiger partial charge in [0.1, 0.15) is 5.75 Å². The van der Waals surface area contributed by atoms with Gasteiger partial charge < -0.3 is 15.0 Å². The number of hydrogen-bond acceptors (Lipinski definition) is 3. The predicted octanol–water partition coefficient (Wildman–Crippen LogP) is 4.86. The van der Waals surface area contributed by atoms with E-state index in [1.807, 2.05) is 41.3 Å². The van der Waals surface area contributed by atoms with Gasteiger partial charge in [-0.2, -0.15) is 0 Å². The zero-order chi connectivity index (χ0) is 20.2. The number of benzene rings is 3. The van der Waals surface area contributed by atoms with E-state index in [4.69, 9.17) is 4.74 Å². The number of fused-ring (bicyclic) bond motifs is 1. The maximum Gasteiger partial charge on any atom is 0.262 e. The van der Waals surface area contributed by atoms with Crippen molar-refractivity contribution in [2.24, 2.45) is 0 Å². The van der Waals surface area contributed by atoms with E-state index in [9.17, 15) is 9.59 Å². The summed E-state index contributed by atoms with van der Waals surface area (Å²) in [4.78, 5) is 26.7. The Morgan fingerprint density at radius 2 is 1.79 bits per heavy atom. The SMILES string of the molecule is O=C(COc1ccc2ccccc2c1Br)Nc1cccc(C(=O)N2CCCC2)c1. The monoisotopic (exact) mass is 452 g/mol. The van der Waals surface area contributed by atoms with Crippen molar-refractivity contribution < 1.29 is 14.3 Å². The largest absolute Gasteiger partial charge is 0.483 e. The molecule has 0 unspecified atom stereocenters. The highest BCUT2D eigenvalue weighted by molar-refractivity contribution is 9.10. The van der Waals surface area contributed by atoms with Crippen LogP contribution >= 0.6 is 15.9 Å². The minimum atomic E-state index is -0.282. The number of halogens is 1. The Morgan fingerprint density at radius 1 is 1.00 bits per heavy atom. The van der Waals surface area contributed by atoms with E-state index >= 15 is 0 Å². The fourth-order valence-corrected chi connectivity index (χ4v) is 4.11. The second-order valence-corrected chi connectivity index (χ2v) is 7.81. The van der Waals surface area contributed by atoms with Gasteiger partial charge in [0.25, 0.3) is 11.8 Å². The average molecular weight is 453 g/mol. The molecule has 1 saturated heterocycles. The molecular weight excluding hydrogens is 432 g/mol. The third-order valence-electron chi connectivity index (χ3n) is 4.97. The number of nitrogens with one attached hydrogen (secondary N) is 1. The Bertz CT molecular complexity index is 1060. The molecule has 1 fully saturated rings. The van der Waals surface area contributed by atoms with Crippen LogP contribution in [0.5, 0.6) is 5.75 Å². The van der Waals surface area contributed by atoms with E-state index in [1.54, 1.807) is 24.3 Å². The number of anilines is 1. The molecule has 1 aliphatic rings. The van der Waals surface area contributed by atoms with Crippen LogP contribution < -0.4 is 10.1 Å². The van der Waals surface area contributed by atoms with Gasteiger partial charge in [-0.05, 0) is 63.8 Å². The number of hydrogen-bond donors (Lipinski definition) is 1. The first kappa shape index (κ1) is 19.5. The van der Waals surface area contributed by atoms with Crippen molar-refractivity contribution in [2.75, 3.05) is 25.0 Å². The van der Waals surface area contributed by atoms with Crippen LogP contribution in [-0.2, 0) is 4.79 Å². The number of ether oxygens (including phenoxy) is 1. The molecule has 1 N–H and O–H groups in total. The van der Waals surface area contributed by atoms with Crippen LogP contribution in [0.3, 0.4) is 0 Å². The molecule has 148 valence electrons. The smallest absolute Gasteiger partial charge is 0.262 e. The van der Waals surface area contributed by atoms with Crippen LogP contribution in [0.15, 0.2) is 65.1 Å². The first-order valence-electron chi connectivity index (χ1n) is 9.61. The van der Waals surface area contributed by atoms with Gasteiger partial charge in [-0.1, -0.05) is 36.4 Å². The molecular formula is C23H21BrN2O3. The summed E-state index contributed by atoms with van der Waals surface area (Å²) in [7, 11) is 0. The molecule has 0 bridgehead atoms. The van der Waals surface area contributed by atoms with Gasteiger partial charge in [0.05, 0.1) is 4.47 Å². The van der Waals surface area contributed by atoms with Gasteiger partial charge >= 0.3 is 0 Å². The third kappa shape index (κ3) is 4.43. The van der Waals surface area contributed by atoms with Crippen LogP contribution in [0.2, 0.25) is 0 Å². The van der Waals surface area contributed by atoms with Crippen molar-refractivity contribution >= 4 is 44.2 Å². The molecule has 0 atom stereocenters. The molecule has 6 heteroatoms. The van der Waals surface area contributed by atoms with Crippen LogP contribution in [0.4, 0.5) is 5.69 Å². The average Bonchev–Trinajstić information content (AvgIpc) is 3.28. The lowest BCUT2D eigenvalue weighted by molar-refractivity contribution is -0.118. The molecule has 0 radical (unpaired) electrons. The van der Waals surface area contributed by atoms with Gasteiger partial charge in [-0.25, -0.2) is 0 Å². The highest BCUT2D eigenvalue weighted by Crippen LogP contribution is 2.33. The minimum absolute atomic E-state index is 0.00921. The summed E-state index contributed by atoms with van der Waals surface area (Å²) in [6.07, 6.45) is 2.09. The molecule has 0 aromatic heterocycles. The maximum absolute atomic E-state index is 12.5. The van der Waals surface area contributed by atoms with Gasteiger partial charge in [-0.3, -0.25) is 9.59 Å². The van der Waals surface area contributed by atoms with Crippen LogP contribution in [0.25, 0.3) is 10.8 Å². The zero-order valence-corrected chi connectivity index (χ0v) is 17.4. The third-order valence-corrected chi connectivity index (χ3v) is 5.79.